The van der Waals surface area contributed by atoms with Gasteiger partial charge in [-0.1, -0.05) is 66.2 Å². The van der Waals surface area contributed by atoms with Crippen molar-refractivity contribution >= 4 is 29.6 Å². The predicted octanol–water partition coefficient (Wildman–Crippen LogP) is 4.46. The standard InChI is InChI=1S/C29H30ClN3O5/c1-19-23(28(35)38-17-9-15-31)24(21-13-7-14-22(30)18-21)25(26(33-19)29(36-2)37-3)27(34)32-16-8-12-20-10-5-4-6-11-20/h4-8,10-14,18,24,29,33H,9,16-17H2,1-3H3,(H,32,34)/b12-8+. The highest BCUT2D eigenvalue weighted by atomic mass is 35.5. The molecule has 8 nitrogen and oxygen atoms in total. The minimum Gasteiger partial charge on any atom is -0.461 e. The van der Waals surface area contributed by atoms with E-state index in [-0.39, 0.29) is 30.7 Å². The van der Waals surface area contributed by atoms with Crippen LogP contribution in [-0.2, 0) is 23.8 Å². The Balaban J connectivity index is 2.05. The number of halogens is 1. The number of nitrogens with zero attached hydrogens (tertiary/aromatic N) is 1. The molecule has 38 heavy (non-hydrogen) atoms. The topological polar surface area (TPSA) is 110 Å². The molecule has 0 bridgehead atoms. The number of dihydropyridines is 1. The Bertz CT molecular complexity index is 1280. The number of amides is 1. The molecule has 2 aromatic rings. The number of hydrogen-bond donors (Lipinski definition) is 2. The number of hydrogen-bond acceptors (Lipinski definition) is 7. The fraction of sp³-hybridized carbons (Fsp3) is 0.276. The van der Waals surface area contributed by atoms with Crippen molar-refractivity contribution in [2.45, 2.75) is 25.6 Å². The Hall–Kier alpha value is -3.90. The van der Waals surface area contributed by atoms with Crippen LogP contribution in [0.1, 0.15) is 30.4 Å². The average molecular weight is 536 g/mol. The van der Waals surface area contributed by atoms with Gasteiger partial charge < -0.3 is 24.8 Å². The van der Waals surface area contributed by atoms with Gasteiger partial charge in [0.1, 0.15) is 6.61 Å². The van der Waals surface area contributed by atoms with E-state index < -0.39 is 24.1 Å². The third-order valence-corrected chi connectivity index (χ3v) is 6.08. The molecule has 1 aliphatic rings. The van der Waals surface area contributed by atoms with Crippen LogP contribution in [0.2, 0.25) is 5.02 Å². The third kappa shape index (κ3) is 7.11. The lowest BCUT2D eigenvalue weighted by atomic mass is 9.79. The zero-order valence-corrected chi connectivity index (χ0v) is 22.2. The van der Waals surface area contributed by atoms with Gasteiger partial charge in [-0.15, -0.1) is 0 Å². The maximum Gasteiger partial charge on any atom is 0.336 e. The zero-order valence-electron chi connectivity index (χ0n) is 21.5. The minimum absolute atomic E-state index is 0.0466. The van der Waals surface area contributed by atoms with Crippen LogP contribution in [0.3, 0.4) is 0 Å². The largest absolute Gasteiger partial charge is 0.461 e. The molecule has 0 saturated carbocycles. The summed E-state index contributed by atoms with van der Waals surface area (Å²) in [5.74, 6) is -1.91. The van der Waals surface area contributed by atoms with Crippen molar-refractivity contribution in [3.05, 3.63) is 99.4 Å². The van der Waals surface area contributed by atoms with Gasteiger partial charge in [0, 0.05) is 31.5 Å². The molecule has 2 aromatic carbocycles. The molecular weight excluding hydrogens is 506 g/mol. The van der Waals surface area contributed by atoms with E-state index in [0.717, 1.165) is 5.56 Å². The molecule has 1 heterocycles. The van der Waals surface area contributed by atoms with Crippen molar-refractivity contribution in [3.8, 4) is 6.07 Å². The van der Waals surface area contributed by atoms with Crippen molar-refractivity contribution in [2.24, 2.45) is 0 Å². The Morgan fingerprint density at radius 2 is 1.87 bits per heavy atom. The smallest absolute Gasteiger partial charge is 0.336 e. The predicted molar refractivity (Wildman–Crippen MR) is 145 cm³/mol. The van der Waals surface area contributed by atoms with Crippen molar-refractivity contribution in [1.82, 2.24) is 10.6 Å². The number of rotatable bonds is 11. The first kappa shape index (κ1) is 28.7. The van der Waals surface area contributed by atoms with Gasteiger partial charge in [-0.3, -0.25) is 4.79 Å². The number of benzene rings is 2. The summed E-state index contributed by atoms with van der Waals surface area (Å²) in [5.41, 5.74) is 2.88. The number of esters is 1. The first-order valence-electron chi connectivity index (χ1n) is 12.0. The summed E-state index contributed by atoms with van der Waals surface area (Å²) >= 11 is 6.31. The fourth-order valence-corrected chi connectivity index (χ4v) is 4.39. The van der Waals surface area contributed by atoms with Crippen LogP contribution in [0.15, 0.2) is 83.2 Å². The van der Waals surface area contributed by atoms with E-state index in [2.05, 4.69) is 10.6 Å². The summed E-state index contributed by atoms with van der Waals surface area (Å²) in [6.45, 7) is 1.87. The molecule has 1 aliphatic heterocycles. The Morgan fingerprint density at radius 3 is 2.53 bits per heavy atom. The van der Waals surface area contributed by atoms with Crippen molar-refractivity contribution in [2.75, 3.05) is 27.4 Å². The number of methoxy groups -OCH3 is 2. The van der Waals surface area contributed by atoms with E-state index in [1.807, 2.05) is 48.6 Å². The van der Waals surface area contributed by atoms with Gasteiger partial charge in [0.05, 0.1) is 35.3 Å². The van der Waals surface area contributed by atoms with Gasteiger partial charge in [-0.2, -0.15) is 5.26 Å². The Morgan fingerprint density at radius 1 is 1.13 bits per heavy atom. The van der Waals surface area contributed by atoms with Crippen molar-refractivity contribution in [3.63, 3.8) is 0 Å². The molecule has 0 saturated heterocycles. The fourth-order valence-electron chi connectivity index (χ4n) is 4.19. The molecule has 2 N–H and O–H groups in total. The first-order chi connectivity index (χ1) is 18.4. The van der Waals surface area contributed by atoms with E-state index in [9.17, 15) is 9.59 Å². The lowest BCUT2D eigenvalue weighted by molar-refractivity contribution is -0.139. The highest BCUT2D eigenvalue weighted by Crippen LogP contribution is 2.40. The van der Waals surface area contributed by atoms with Crippen LogP contribution < -0.4 is 10.6 Å². The van der Waals surface area contributed by atoms with E-state index >= 15 is 0 Å². The summed E-state index contributed by atoms with van der Waals surface area (Å²) in [6.07, 6.45) is 2.87. The molecule has 198 valence electrons. The number of nitriles is 1. The van der Waals surface area contributed by atoms with Crippen molar-refractivity contribution < 1.29 is 23.8 Å². The maximum absolute atomic E-state index is 13.8. The van der Waals surface area contributed by atoms with Crippen LogP contribution in [0, 0.1) is 11.3 Å². The van der Waals surface area contributed by atoms with Crippen LogP contribution in [-0.4, -0.2) is 45.5 Å². The molecule has 0 radical (unpaired) electrons. The lowest BCUT2D eigenvalue weighted by Crippen LogP contribution is -2.41. The monoisotopic (exact) mass is 535 g/mol. The van der Waals surface area contributed by atoms with Crippen LogP contribution in [0.5, 0.6) is 0 Å². The summed E-state index contributed by atoms with van der Waals surface area (Å²) in [6, 6.07) is 18.6. The lowest BCUT2D eigenvalue weighted by Gasteiger charge is -2.34. The van der Waals surface area contributed by atoms with E-state index in [4.69, 9.17) is 31.1 Å². The van der Waals surface area contributed by atoms with Crippen LogP contribution in [0.4, 0.5) is 0 Å². The summed E-state index contributed by atoms with van der Waals surface area (Å²) in [4.78, 5) is 27.0. The number of nitrogens with one attached hydrogen (secondary N) is 2. The molecule has 3 rings (SSSR count). The van der Waals surface area contributed by atoms with Gasteiger partial charge in [-0.05, 0) is 30.2 Å². The quantitative estimate of drug-likeness (QED) is 0.248. The normalized spacial score (nSPS) is 15.4. The molecule has 1 unspecified atom stereocenters. The second-order valence-corrected chi connectivity index (χ2v) is 8.79. The summed E-state index contributed by atoms with van der Waals surface area (Å²) in [5, 5.41) is 15.4. The molecular formula is C29H30ClN3O5. The second-order valence-electron chi connectivity index (χ2n) is 8.35. The highest BCUT2D eigenvalue weighted by Gasteiger charge is 2.40. The molecule has 0 aromatic heterocycles. The van der Waals surface area contributed by atoms with Gasteiger partial charge >= 0.3 is 5.97 Å². The number of ether oxygens (including phenoxy) is 3. The van der Waals surface area contributed by atoms with Gasteiger partial charge in [0.15, 0.2) is 6.29 Å². The van der Waals surface area contributed by atoms with Gasteiger partial charge in [0.25, 0.3) is 0 Å². The minimum atomic E-state index is -0.914. The molecule has 0 aliphatic carbocycles. The molecule has 0 fully saturated rings. The van der Waals surface area contributed by atoms with Gasteiger partial charge in [-0.25, -0.2) is 4.79 Å². The average Bonchev–Trinajstić information content (AvgIpc) is 2.92. The zero-order chi connectivity index (χ0) is 27.5. The summed E-state index contributed by atoms with van der Waals surface area (Å²) in [7, 11) is 2.92. The van der Waals surface area contributed by atoms with Crippen molar-refractivity contribution in [1.29, 1.82) is 5.26 Å². The first-order valence-corrected chi connectivity index (χ1v) is 12.4. The van der Waals surface area contributed by atoms with Gasteiger partial charge in [0.2, 0.25) is 5.91 Å². The number of carbonyl (C=O) groups excluding carboxylic acids is 2. The maximum atomic E-state index is 13.8. The third-order valence-electron chi connectivity index (χ3n) is 5.84. The second kappa shape index (κ2) is 14.1. The van der Waals surface area contributed by atoms with Crippen LogP contribution >= 0.6 is 11.6 Å². The molecule has 1 amide bonds. The van der Waals surface area contributed by atoms with E-state index in [1.165, 1.54) is 14.2 Å². The van der Waals surface area contributed by atoms with E-state index in [0.29, 0.717) is 22.0 Å². The number of allylic oxidation sites excluding steroid dienone is 1. The highest BCUT2D eigenvalue weighted by molar-refractivity contribution is 6.30. The Labute approximate surface area is 227 Å². The number of carbonyl (C=O) groups is 2. The molecule has 0 spiro atoms. The van der Waals surface area contributed by atoms with E-state index in [1.54, 1.807) is 31.2 Å². The molecule has 9 heteroatoms. The molecule has 1 atom stereocenters. The summed E-state index contributed by atoms with van der Waals surface area (Å²) < 4.78 is 16.4. The van der Waals surface area contributed by atoms with Crippen LogP contribution in [0.25, 0.3) is 6.08 Å². The SMILES string of the molecule is COC(OC)C1=C(C(=O)NC/C=C/c2ccccc2)C(c2cccc(Cl)c2)C(C(=O)OCCC#N)=C(C)N1. The Kier molecular flexibility index (Phi) is 10.7.